The van der Waals surface area contributed by atoms with Crippen LogP contribution in [0.3, 0.4) is 0 Å². The first-order valence-corrected chi connectivity index (χ1v) is 7.33. The quantitative estimate of drug-likeness (QED) is 0.907. The van der Waals surface area contributed by atoms with Crippen LogP contribution in [0.4, 0.5) is 5.69 Å². The molecule has 1 aromatic carbocycles. The van der Waals surface area contributed by atoms with Crippen LogP contribution in [0.15, 0.2) is 41.4 Å². The maximum Gasteiger partial charge on any atom is 0.263 e. The summed E-state index contributed by atoms with van der Waals surface area (Å²) in [6, 6.07) is 7.87. The number of aliphatic hydroxyl groups excluding tert-OH is 1. The molecule has 102 valence electrons. The smallest absolute Gasteiger partial charge is 0.263 e. The van der Waals surface area contributed by atoms with Gasteiger partial charge in [-0.15, -0.1) is 0 Å². The second-order valence-electron chi connectivity index (χ2n) is 4.05. The van der Waals surface area contributed by atoms with Gasteiger partial charge in [-0.1, -0.05) is 17.7 Å². The molecular weight excluding hydrogens is 288 g/mol. The van der Waals surface area contributed by atoms with E-state index in [4.69, 9.17) is 16.7 Å². The molecule has 0 spiro atoms. The van der Waals surface area contributed by atoms with Crippen LogP contribution in [0.2, 0.25) is 5.02 Å². The number of hydrogen-bond donors (Lipinski definition) is 2. The number of sulfonamides is 1. The molecule has 0 aliphatic rings. The standard InChI is InChI=1S/C12H13ClN2O3S/c1-15-7-12(6-11(15)8-16)19(17,18)14-10-4-2-3-9(13)5-10/h2-7,14,16H,8H2,1H3. The number of halogens is 1. The van der Waals surface area contributed by atoms with E-state index in [1.165, 1.54) is 18.3 Å². The molecule has 0 bridgehead atoms. The van der Waals surface area contributed by atoms with Gasteiger partial charge in [0.15, 0.2) is 0 Å². The Balaban J connectivity index is 2.32. The van der Waals surface area contributed by atoms with Crippen LogP contribution < -0.4 is 4.72 Å². The lowest BCUT2D eigenvalue weighted by molar-refractivity contribution is 0.272. The molecule has 0 unspecified atom stereocenters. The third-order valence-electron chi connectivity index (χ3n) is 2.63. The summed E-state index contributed by atoms with van der Waals surface area (Å²) >= 11 is 5.80. The van der Waals surface area contributed by atoms with Crippen LogP contribution in [-0.4, -0.2) is 18.1 Å². The van der Waals surface area contributed by atoms with Gasteiger partial charge in [-0.2, -0.15) is 0 Å². The number of aliphatic hydroxyl groups is 1. The van der Waals surface area contributed by atoms with Crippen molar-refractivity contribution in [3.05, 3.63) is 47.2 Å². The number of aryl methyl sites for hydroxylation is 1. The predicted molar refractivity (Wildman–Crippen MR) is 73.6 cm³/mol. The molecule has 0 aliphatic heterocycles. The fraction of sp³-hybridized carbons (Fsp3) is 0.167. The summed E-state index contributed by atoms with van der Waals surface area (Å²) < 4.78 is 28.3. The van der Waals surface area contributed by atoms with Gasteiger partial charge in [0.2, 0.25) is 0 Å². The van der Waals surface area contributed by atoms with Gasteiger partial charge in [-0.25, -0.2) is 8.42 Å². The van der Waals surface area contributed by atoms with E-state index in [9.17, 15) is 8.42 Å². The van der Waals surface area contributed by atoms with E-state index in [-0.39, 0.29) is 11.5 Å². The SMILES string of the molecule is Cn1cc(S(=O)(=O)Nc2cccc(Cl)c2)cc1CO. The number of hydrogen-bond acceptors (Lipinski definition) is 3. The Morgan fingerprint density at radius 2 is 2.11 bits per heavy atom. The van der Waals surface area contributed by atoms with Crippen LogP contribution in [-0.2, 0) is 23.7 Å². The third kappa shape index (κ3) is 3.09. The topological polar surface area (TPSA) is 71.3 Å². The summed E-state index contributed by atoms with van der Waals surface area (Å²) in [5, 5.41) is 9.52. The average Bonchev–Trinajstić information content (AvgIpc) is 2.71. The molecule has 0 saturated carbocycles. The highest BCUT2D eigenvalue weighted by Crippen LogP contribution is 2.20. The molecule has 0 amide bonds. The molecule has 2 N–H and O–H groups in total. The zero-order chi connectivity index (χ0) is 14.0. The maximum atomic E-state index is 12.1. The number of benzene rings is 1. The molecule has 0 atom stereocenters. The van der Waals surface area contributed by atoms with Gasteiger partial charge in [0, 0.05) is 24.0 Å². The molecule has 1 aromatic heterocycles. The minimum Gasteiger partial charge on any atom is -0.390 e. The van der Waals surface area contributed by atoms with Gasteiger partial charge < -0.3 is 9.67 Å². The summed E-state index contributed by atoms with van der Waals surface area (Å²) in [6.07, 6.45) is 1.44. The molecule has 19 heavy (non-hydrogen) atoms. The highest BCUT2D eigenvalue weighted by Gasteiger charge is 2.17. The molecule has 0 fully saturated rings. The van der Waals surface area contributed by atoms with Crippen LogP contribution in [0.5, 0.6) is 0 Å². The van der Waals surface area contributed by atoms with Crippen molar-refractivity contribution < 1.29 is 13.5 Å². The Hall–Kier alpha value is -1.50. The number of nitrogens with zero attached hydrogens (tertiary/aromatic N) is 1. The Kier molecular flexibility index (Phi) is 3.84. The Bertz CT molecular complexity index is 695. The minimum atomic E-state index is -3.68. The monoisotopic (exact) mass is 300 g/mol. The highest BCUT2D eigenvalue weighted by molar-refractivity contribution is 7.92. The maximum absolute atomic E-state index is 12.1. The molecule has 0 radical (unpaired) electrons. The fourth-order valence-electron chi connectivity index (χ4n) is 1.65. The van der Waals surface area contributed by atoms with E-state index >= 15 is 0 Å². The van der Waals surface area contributed by atoms with E-state index in [1.807, 2.05) is 0 Å². The molecule has 7 heteroatoms. The zero-order valence-electron chi connectivity index (χ0n) is 10.2. The lowest BCUT2D eigenvalue weighted by atomic mass is 10.3. The third-order valence-corrected chi connectivity index (χ3v) is 4.22. The Morgan fingerprint density at radius 1 is 1.37 bits per heavy atom. The van der Waals surface area contributed by atoms with Gasteiger partial charge in [0.25, 0.3) is 10.0 Å². The van der Waals surface area contributed by atoms with E-state index < -0.39 is 10.0 Å². The normalized spacial score (nSPS) is 11.5. The zero-order valence-corrected chi connectivity index (χ0v) is 11.7. The van der Waals surface area contributed by atoms with Gasteiger partial charge in [-0.3, -0.25) is 4.72 Å². The van der Waals surface area contributed by atoms with Crippen LogP contribution in [0, 0.1) is 0 Å². The minimum absolute atomic E-state index is 0.0963. The number of nitrogens with one attached hydrogen (secondary N) is 1. The van der Waals surface area contributed by atoms with Crippen molar-refractivity contribution in [2.24, 2.45) is 7.05 Å². The van der Waals surface area contributed by atoms with E-state index in [2.05, 4.69) is 4.72 Å². The summed E-state index contributed by atoms with van der Waals surface area (Å²) in [4.78, 5) is 0.0963. The van der Waals surface area contributed by atoms with Crippen molar-refractivity contribution in [1.29, 1.82) is 0 Å². The first-order valence-electron chi connectivity index (χ1n) is 5.47. The van der Waals surface area contributed by atoms with Crippen molar-refractivity contribution in [2.45, 2.75) is 11.5 Å². The summed E-state index contributed by atoms with van der Waals surface area (Å²) in [5.41, 5.74) is 0.911. The van der Waals surface area contributed by atoms with E-state index in [0.717, 1.165) is 0 Å². The van der Waals surface area contributed by atoms with Gasteiger partial charge in [0.05, 0.1) is 12.3 Å². The van der Waals surface area contributed by atoms with Crippen molar-refractivity contribution in [2.75, 3.05) is 4.72 Å². The van der Waals surface area contributed by atoms with Crippen molar-refractivity contribution >= 4 is 27.3 Å². The number of anilines is 1. The van der Waals surface area contributed by atoms with Crippen molar-refractivity contribution in [3.8, 4) is 0 Å². The average molecular weight is 301 g/mol. The van der Waals surface area contributed by atoms with Crippen molar-refractivity contribution in [1.82, 2.24) is 4.57 Å². The number of rotatable bonds is 4. The van der Waals surface area contributed by atoms with Crippen molar-refractivity contribution in [3.63, 3.8) is 0 Å². The Labute approximate surface area is 116 Å². The largest absolute Gasteiger partial charge is 0.390 e. The lowest BCUT2D eigenvalue weighted by Crippen LogP contribution is -2.12. The molecular formula is C12H13ClN2O3S. The molecule has 0 aliphatic carbocycles. The molecule has 2 aromatic rings. The highest BCUT2D eigenvalue weighted by atomic mass is 35.5. The summed E-state index contributed by atoms with van der Waals surface area (Å²) in [7, 11) is -2.01. The Morgan fingerprint density at radius 3 is 2.68 bits per heavy atom. The van der Waals surface area contributed by atoms with E-state index in [0.29, 0.717) is 16.4 Å². The molecule has 5 nitrogen and oxygen atoms in total. The first kappa shape index (κ1) is 13.9. The van der Waals surface area contributed by atoms with Crippen LogP contribution >= 0.6 is 11.6 Å². The summed E-state index contributed by atoms with van der Waals surface area (Å²) in [5.74, 6) is 0. The van der Waals surface area contributed by atoms with Gasteiger partial charge >= 0.3 is 0 Å². The van der Waals surface area contributed by atoms with E-state index in [1.54, 1.807) is 29.8 Å². The molecule has 2 rings (SSSR count). The molecule has 1 heterocycles. The van der Waals surface area contributed by atoms with Gasteiger partial charge in [-0.05, 0) is 24.3 Å². The second kappa shape index (κ2) is 5.24. The van der Waals surface area contributed by atoms with Gasteiger partial charge in [0.1, 0.15) is 4.90 Å². The predicted octanol–water partition coefficient (Wildman–Crippen LogP) is 1.97. The van der Waals surface area contributed by atoms with Crippen LogP contribution in [0.1, 0.15) is 5.69 Å². The summed E-state index contributed by atoms with van der Waals surface area (Å²) in [6.45, 7) is -0.219. The fourth-order valence-corrected chi connectivity index (χ4v) is 2.98. The number of aromatic nitrogens is 1. The lowest BCUT2D eigenvalue weighted by Gasteiger charge is -2.06. The first-order chi connectivity index (χ1) is 8.92. The second-order valence-corrected chi connectivity index (χ2v) is 6.17. The molecule has 0 saturated heterocycles. The van der Waals surface area contributed by atoms with Crippen LogP contribution in [0.25, 0.3) is 0 Å².